The third-order valence-electron chi connectivity index (χ3n) is 6.69. The molecule has 0 saturated carbocycles. The molecule has 4 rings (SSSR count). The second-order valence-electron chi connectivity index (χ2n) is 8.97. The van der Waals surface area contributed by atoms with E-state index in [0.29, 0.717) is 24.5 Å². The molecule has 0 radical (unpaired) electrons. The van der Waals surface area contributed by atoms with Gasteiger partial charge in [-0.15, -0.1) is 0 Å². The maximum Gasteiger partial charge on any atom is 0.335 e. The number of esters is 1. The first kappa shape index (κ1) is 25.4. The van der Waals surface area contributed by atoms with Gasteiger partial charge >= 0.3 is 11.9 Å². The van der Waals surface area contributed by atoms with Crippen LogP contribution in [-0.4, -0.2) is 50.3 Å². The van der Waals surface area contributed by atoms with Crippen molar-refractivity contribution in [3.8, 4) is 5.69 Å². The maximum absolute atomic E-state index is 11.7. The lowest BCUT2D eigenvalue weighted by Crippen LogP contribution is -2.31. The average Bonchev–Trinajstić information content (AvgIpc) is 3.34. The Morgan fingerprint density at radius 1 is 1.17 bits per heavy atom. The summed E-state index contributed by atoms with van der Waals surface area (Å²) in [6.07, 6.45) is 2.66. The summed E-state index contributed by atoms with van der Waals surface area (Å²) >= 11 is 5.74. The van der Waals surface area contributed by atoms with Crippen molar-refractivity contribution in [2.24, 2.45) is 0 Å². The highest BCUT2D eigenvalue weighted by atomic mass is 32.1. The van der Waals surface area contributed by atoms with Gasteiger partial charge in [-0.05, 0) is 80.9 Å². The lowest BCUT2D eigenvalue weighted by Gasteiger charge is -2.28. The average molecular weight is 507 g/mol. The summed E-state index contributed by atoms with van der Waals surface area (Å²) in [4.78, 5) is 30.1. The fourth-order valence-electron chi connectivity index (χ4n) is 4.92. The molecule has 0 aliphatic carbocycles. The van der Waals surface area contributed by atoms with Gasteiger partial charge in [0.15, 0.2) is 5.11 Å². The molecule has 36 heavy (non-hydrogen) atoms. The van der Waals surface area contributed by atoms with Crippen molar-refractivity contribution in [2.75, 3.05) is 13.7 Å². The maximum atomic E-state index is 11.7. The number of methoxy groups -OCH3 is 1. The number of aromatic carboxylic acids is 1. The third kappa shape index (κ3) is 4.83. The Hall–Kier alpha value is -3.72. The molecule has 1 aromatic carbocycles. The number of nitrogens with zero attached hydrogens (tertiary/aromatic N) is 3. The summed E-state index contributed by atoms with van der Waals surface area (Å²) in [7, 11) is 1.39. The zero-order chi connectivity index (χ0) is 26.0. The van der Waals surface area contributed by atoms with Gasteiger partial charge in [0.25, 0.3) is 0 Å². The molecule has 8 nitrogen and oxygen atoms in total. The van der Waals surface area contributed by atoms with Gasteiger partial charge in [0.1, 0.15) is 0 Å². The van der Waals surface area contributed by atoms with Crippen LogP contribution in [0.25, 0.3) is 5.69 Å². The summed E-state index contributed by atoms with van der Waals surface area (Å²) in [5.41, 5.74) is 5.96. The number of aromatic nitrogens is 2. The number of hydrogen-bond acceptors (Lipinski definition) is 5. The second kappa shape index (κ2) is 10.5. The Kier molecular flexibility index (Phi) is 7.40. The lowest BCUT2D eigenvalue weighted by molar-refractivity contribution is -0.140. The standard InChI is InChI=1S/C27H30N4O4S/c1-16-10-11-19(26(33)34)15-22(16)31-17(2)14-20(18(31)3)25-24(21-8-5-6-12-28-21)29-27(36)30(25)13-7-9-23(32)35-4/h5-6,8,10-12,14-15,24-25H,7,9,13H2,1-4H3,(H,29,36)(H,33,34)/t24-,25+/m1/s1. The first-order valence-corrected chi connectivity index (χ1v) is 12.2. The fourth-order valence-corrected chi connectivity index (χ4v) is 5.25. The minimum Gasteiger partial charge on any atom is -0.478 e. The molecule has 9 heteroatoms. The van der Waals surface area contributed by atoms with Gasteiger partial charge in [0, 0.05) is 36.2 Å². The predicted molar refractivity (Wildman–Crippen MR) is 140 cm³/mol. The number of hydrogen-bond donors (Lipinski definition) is 2. The van der Waals surface area contributed by atoms with Crippen molar-refractivity contribution in [3.63, 3.8) is 0 Å². The molecule has 1 aliphatic rings. The molecular weight excluding hydrogens is 476 g/mol. The quantitative estimate of drug-likeness (QED) is 0.342. The second-order valence-corrected chi connectivity index (χ2v) is 9.35. The number of thiocarbonyl (C=S) groups is 1. The van der Waals surface area contributed by atoms with E-state index in [9.17, 15) is 14.7 Å². The van der Waals surface area contributed by atoms with Crippen molar-refractivity contribution in [2.45, 2.75) is 45.7 Å². The monoisotopic (exact) mass is 506 g/mol. The molecule has 1 aliphatic heterocycles. The van der Waals surface area contributed by atoms with Crippen LogP contribution in [0.15, 0.2) is 48.7 Å². The molecule has 3 heterocycles. The van der Waals surface area contributed by atoms with Crippen LogP contribution in [0.1, 0.15) is 63.5 Å². The van der Waals surface area contributed by atoms with E-state index < -0.39 is 5.97 Å². The topological polar surface area (TPSA) is 96.7 Å². The smallest absolute Gasteiger partial charge is 0.335 e. The van der Waals surface area contributed by atoms with Crippen LogP contribution in [-0.2, 0) is 9.53 Å². The molecular formula is C27H30N4O4S. The molecule has 2 aromatic heterocycles. The summed E-state index contributed by atoms with van der Waals surface area (Å²) in [5.74, 6) is -1.21. The number of carboxylic acids is 1. The van der Waals surface area contributed by atoms with Crippen LogP contribution < -0.4 is 5.32 Å². The number of nitrogens with one attached hydrogen (secondary N) is 1. The molecule has 2 N–H and O–H groups in total. The van der Waals surface area contributed by atoms with Crippen LogP contribution in [0.2, 0.25) is 0 Å². The zero-order valence-electron chi connectivity index (χ0n) is 20.8. The summed E-state index contributed by atoms with van der Waals surface area (Å²) in [5, 5.41) is 13.6. The molecule has 0 unspecified atom stereocenters. The van der Waals surface area contributed by atoms with Gasteiger partial charge in [-0.1, -0.05) is 12.1 Å². The van der Waals surface area contributed by atoms with E-state index in [1.165, 1.54) is 7.11 Å². The van der Waals surface area contributed by atoms with Gasteiger partial charge in [0.05, 0.1) is 30.5 Å². The van der Waals surface area contributed by atoms with Crippen LogP contribution in [0.3, 0.4) is 0 Å². The Labute approximate surface area is 215 Å². The van der Waals surface area contributed by atoms with E-state index in [0.717, 1.165) is 33.9 Å². The largest absolute Gasteiger partial charge is 0.478 e. The number of pyridine rings is 1. The molecule has 2 atom stereocenters. The van der Waals surface area contributed by atoms with Gasteiger partial charge in [-0.3, -0.25) is 9.78 Å². The molecule has 1 fully saturated rings. The third-order valence-corrected chi connectivity index (χ3v) is 7.04. The van der Waals surface area contributed by atoms with Crippen LogP contribution in [0.4, 0.5) is 0 Å². The number of ether oxygens (including phenoxy) is 1. The van der Waals surface area contributed by atoms with Gasteiger partial charge < -0.3 is 24.6 Å². The fraction of sp³-hybridized carbons (Fsp3) is 0.333. The number of carbonyl (C=O) groups is 2. The van der Waals surface area contributed by atoms with E-state index >= 15 is 0 Å². The Balaban J connectivity index is 1.79. The van der Waals surface area contributed by atoms with E-state index in [2.05, 4.69) is 25.8 Å². The molecule has 0 bridgehead atoms. The first-order valence-electron chi connectivity index (χ1n) is 11.8. The van der Waals surface area contributed by atoms with Gasteiger partial charge in [-0.2, -0.15) is 0 Å². The molecule has 1 saturated heterocycles. The van der Waals surface area contributed by atoms with E-state index in [1.54, 1.807) is 18.3 Å². The van der Waals surface area contributed by atoms with Crippen molar-refractivity contribution in [1.82, 2.24) is 19.8 Å². The summed E-state index contributed by atoms with van der Waals surface area (Å²) < 4.78 is 6.91. The normalized spacial score (nSPS) is 17.2. The lowest BCUT2D eigenvalue weighted by atomic mass is 9.96. The minimum absolute atomic E-state index is 0.159. The Bertz CT molecular complexity index is 1300. The molecule has 0 spiro atoms. The Morgan fingerprint density at radius 2 is 1.94 bits per heavy atom. The van der Waals surface area contributed by atoms with E-state index in [4.69, 9.17) is 17.0 Å². The van der Waals surface area contributed by atoms with Gasteiger partial charge in [-0.25, -0.2) is 4.79 Å². The predicted octanol–water partition coefficient (Wildman–Crippen LogP) is 4.42. The van der Waals surface area contributed by atoms with Crippen LogP contribution in [0.5, 0.6) is 0 Å². The van der Waals surface area contributed by atoms with E-state index in [1.807, 2.05) is 45.0 Å². The summed E-state index contributed by atoms with van der Waals surface area (Å²) in [6, 6.07) is 12.8. The zero-order valence-corrected chi connectivity index (χ0v) is 21.6. The van der Waals surface area contributed by atoms with Crippen molar-refractivity contribution in [1.29, 1.82) is 0 Å². The molecule has 0 amide bonds. The Morgan fingerprint density at radius 3 is 2.61 bits per heavy atom. The first-order chi connectivity index (χ1) is 17.2. The van der Waals surface area contributed by atoms with Crippen molar-refractivity contribution < 1.29 is 19.4 Å². The van der Waals surface area contributed by atoms with E-state index in [-0.39, 0.29) is 23.6 Å². The van der Waals surface area contributed by atoms with Crippen molar-refractivity contribution >= 4 is 29.3 Å². The highest BCUT2D eigenvalue weighted by Gasteiger charge is 2.41. The highest BCUT2D eigenvalue weighted by Crippen LogP contribution is 2.41. The summed E-state index contributed by atoms with van der Waals surface area (Å²) in [6.45, 7) is 6.61. The van der Waals surface area contributed by atoms with Crippen molar-refractivity contribution in [3.05, 3.63) is 82.4 Å². The number of carbonyl (C=O) groups excluding carboxylic acids is 1. The number of carboxylic acid groups (broad SMARTS) is 1. The van der Waals surface area contributed by atoms with Crippen LogP contribution >= 0.6 is 12.2 Å². The van der Waals surface area contributed by atoms with Gasteiger partial charge in [0.2, 0.25) is 0 Å². The van der Waals surface area contributed by atoms with Crippen LogP contribution in [0, 0.1) is 20.8 Å². The molecule has 3 aromatic rings. The number of aryl methyl sites for hydroxylation is 2. The number of rotatable bonds is 8. The highest BCUT2D eigenvalue weighted by molar-refractivity contribution is 7.80. The minimum atomic E-state index is -0.962. The molecule has 188 valence electrons. The number of benzene rings is 1. The SMILES string of the molecule is COC(=O)CCCN1C(=S)N[C@H](c2ccccn2)[C@@H]1c1cc(C)n(-c2cc(C(=O)O)ccc2C)c1C.